The Morgan fingerprint density at radius 1 is 0.927 bits per heavy atom. The number of carbonyl (C=O) groups excluding carboxylic acids is 2. The molecule has 0 amide bonds. The van der Waals surface area contributed by atoms with Crippen LogP contribution in [0, 0.1) is 56.7 Å². The number of ketones is 2. The summed E-state index contributed by atoms with van der Waals surface area (Å²) in [4.78, 5) is 31.9. The second kappa shape index (κ2) is 9.88. The van der Waals surface area contributed by atoms with E-state index < -0.39 is 0 Å². The predicted molar refractivity (Wildman–Crippen MR) is 166 cm³/mol. The van der Waals surface area contributed by atoms with Gasteiger partial charge in [0.1, 0.15) is 11.6 Å². The number of carbonyl (C=O) groups is 2. The van der Waals surface area contributed by atoms with E-state index in [0.717, 1.165) is 50.6 Å². The first-order valence-electron chi connectivity index (χ1n) is 16.9. The van der Waals surface area contributed by atoms with Gasteiger partial charge in [-0.2, -0.15) is 0 Å². The van der Waals surface area contributed by atoms with E-state index in [4.69, 9.17) is 0 Å². The van der Waals surface area contributed by atoms with Crippen LogP contribution in [-0.4, -0.2) is 16.6 Å². The number of pyridine rings is 1. The summed E-state index contributed by atoms with van der Waals surface area (Å²) in [7, 11) is 0. The average molecular weight is 558 g/mol. The fourth-order valence-electron chi connectivity index (χ4n) is 12.6. The average Bonchev–Trinajstić information content (AvgIpc) is 3.33. The van der Waals surface area contributed by atoms with Gasteiger partial charge in [0.15, 0.2) is 0 Å². The van der Waals surface area contributed by atoms with Gasteiger partial charge in [-0.15, -0.1) is 0 Å². The molecule has 5 saturated carbocycles. The number of hydrogen-bond acceptors (Lipinski definition) is 3. The van der Waals surface area contributed by atoms with Crippen molar-refractivity contribution >= 4 is 11.6 Å². The van der Waals surface area contributed by atoms with E-state index in [-0.39, 0.29) is 27.1 Å². The molecule has 3 nitrogen and oxygen atoms in total. The molecule has 1 aromatic rings. The lowest BCUT2D eigenvalue weighted by atomic mass is 9.32. The zero-order valence-corrected chi connectivity index (χ0v) is 26.9. The normalized spacial score (nSPS) is 44.7. The molecule has 0 spiro atoms. The Hall–Kier alpha value is -1.77. The van der Waals surface area contributed by atoms with E-state index in [1.165, 1.54) is 37.7 Å². The third-order valence-corrected chi connectivity index (χ3v) is 14.9. The lowest BCUT2D eigenvalue weighted by Crippen LogP contribution is -2.66. The molecule has 5 aliphatic carbocycles. The fourth-order valence-corrected chi connectivity index (χ4v) is 12.6. The summed E-state index contributed by atoms with van der Waals surface area (Å²) < 4.78 is 0. The molecule has 0 unspecified atom stereocenters. The Bertz CT molecular complexity index is 1220. The Labute approximate surface area is 249 Å². The van der Waals surface area contributed by atoms with Crippen molar-refractivity contribution in [2.45, 2.75) is 125 Å². The molecule has 9 atom stereocenters. The van der Waals surface area contributed by atoms with E-state index in [2.05, 4.69) is 59.2 Å². The Morgan fingerprint density at radius 3 is 2.41 bits per heavy atom. The number of allylic oxidation sites excluding steroid dienone is 1. The SMILES string of the molecule is C=C(C)[C@@H]1CC[C@]2(C(=O)CCCc3ccccn3)CC[C@]3(C)[C@H](CC[C@@H]4[C@@]5(C)CCC(=O)C(C)(C)[C@@H]5CC[C@]43C)[C@@H]12. The summed E-state index contributed by atoms with van der Waals surface area (Å²) in [5, 5.41) is 0. The Balaban J connectivity index is 1.30. The molecular formula is C38H55NO2. The molecular weight excluding hydrogens is 502 g/mol. The smallest absolute Gasteiger partial charge is 0.139 e. The van der Waals surface area contributed by atoms with Crippen molar-refractivity contribution in [1.82, 2.24) is 4.98 Å². The molecule has 1 aromatic heterocycles. The molecule has 0 aromatic carbocycles. The maximum atomic E-state index is 14.4. The molecule has 0 N–H and O–H groups in total. The van der Waals surface area contributed by atoms with Gasteiger partial charge in [0.2, 0.25) is 0 Å². The van der Waals surface area contributed by atoms with Crippen LogP contribution >= 0.6 is 0 Å². The van der Waals surface area contributed by atoms with E-state index >= 15 is 0 Å². The van der Waals surface area contributed by atoms with Gasteiger partial charge in [-0.3, -0.25) is 14.6 Å². The third-order valence-electron chi connectivity index (χ3n) is 14.9. The number of hydrogen-bond donors (Lipinski definition) is 0. The molecule has 0 bridgehead atoms. The summed E-state index contributed by atoms with van der Waals surface area (Å²) in [5.74, 6) is 3.68. The van der Waals surface area contributed by atoms with Crippen LogP contribution in [0.5, 0.6) is 0 Å². The van der Waals surface area contributed by atoms with Gasteiger partial charge in [-0.05, 0) is 136 Å². The first-order valence-corrected chi connectivity index (χ1v) is 16.9. The van der Waals surface area contributed by atoms with Crippen molar-refractivity contribution in [3.63, 3.8) is 0 Å². The second-order valence-corrected chi connectivity index (χ2v) is 16.6. The minimum atomic E-state index is -0.202. The van der Waals surface area contributed by atoms with E-state index in [9.17, 15) is 9.59 Å². The summed E-state index contributed by atoms with van der Waals surface area (Å²) >= 11 is 0. The minimum absolute atomic E-state index is 0.165. The summed E-state index contributed by atoms with van der Waals surface area (Å²) in [6.45, 7) is 19.1. The van der Waals surface area contributed by atoms with Gasteiger partial charge in [-0.25, -0.2) is 0 Å². The zero-order valence-electron chi connectivity index (χ0n) is 26.9. The first kappa shape index (κ1) is 29.3. The van der Waals surface area contributed by atoms with Gasteiger partial charge in [-0.1, -0.05) is 52.8 Å². The predicted octanol–water partition coefficient (Wildman–Crippen LogP) is 9.20. The van der Waals surface area contributed by atoms with E-state index in [1.807, 2.05) is 18.3 Å². The van der Waals surface area contributed by atoms with Crippen molar-refractivity contribution in [1.29, 1.82) is 0 Å². The summed E-state index contributed by atoms with van der Waals surface area (Å²) in [6, 6.07) is 6.10. The number of aryl methyl sites for hydroxylation is 1. The van der Waals surface area contributed by atoms with Crippen LogP contribution in [0.15, 0.2) is 36.5 Å². The molecule has 41 heavy (non-hydrogen) atoms. The highest BCUT2D eigenvalue weighted by molar-refractivity contribution is 5.86. The molecule has 0 saturated heterocycles. The van der Waals surface area contributed by atoms with Crippen LogP contribution in [0.2, 0.25) is 0 Å². The lowest BCUT2D eigenvalue weighted by Gasteiger charge is -2.72. The number of Topliss-reactive ketones (excluding diaryl/α,β-unsaturated/α-hetero) is 2. The molecule has 224 valence electrons. The second-order valence-electron chi connectivity index (χ2n) is 16.6. The highest BCUT2D eigenvalue weighted by Gasteiger charge is 2.71. The molecule has 0 radical (unpaired) electrons. The van der Waals surface area contributed by atoms with Crippen molar-refractivity contribution in [3.05, 3.63) is 42.2 Å². The minimum Gasteiger partial charge on any atom is -0.299 e. The van der Waals surface area contributed by atoms with Gasteiger partial charge >= 0.3 is 0 Å². The van der Waals surface area contributed by atoms with Crippen LogP contribution in [-0.2, 0) is 16.0 Å². The highest BCUT2D eigenvalue weighted by Crippen LogP contribution is 2.77. The number of rotatable bonds is 6. The standard InChI is InChI=1S/C38H55NO2/c1-25(2)27-16-21-38(32(41)13-10-12-26-11-8-9-24-39-26)23-22-36(6)28(33(27)38)14-15-30-35(5)19-18-31(40)34(3,4)29(35)17-20-37(30,36)7/h8-9,11,24,27-30,33H,1,10,12-23H2,2-7H3/t27-,28+,29-,30+,33+,35-,36+,37+,38+/m0/s1. The largest absolute Gasteiger partial charge is 0.299 e. The maximum absolute atomic E-state index is 14.4. The number of fused-ring (bicyclic) bond motifs is 7. The molecule has 5 aliphatic rings. The van der Waals surface area contributed by atoms with Crippen molar-refractivity contribution in [2.24, 2.45) is 56.7 Å². The van der Waals surface area contributed by atoms with Crippen molar-refractivity contribution in [3.8, 4) is 0 Å². The molecule has 6 rings (SSSR count). The zero-order chi connectivity index (χ0) is 29.4. The van der Waals surface area contributed by atoms with Crippen molar-refractivity contribution in [2.75, 3.05) is 0 Å². The quantitative estimate of drug-likeness (QED) is 0.328. The van der Waals surface area contributed by atoms with Gasteiger partial charge in [0.25, 0.3) is 0 Å². The lowest BCUT2D eigenvalue weighted by molar-refractivity contribution is -0.232. The number of nitrogens with zero attached hydrogens (tertiary/aromatic N) is 1. The van der Waals surface area contributed by atoms with Crippen LogP contribution in [0.4, 0.5) is 0 Å². The molecule has 3 heteroatoms. The summed E-state index contributed by atoms with van der Waals surface area (Å²) in [6.07, 6.45) is 15.5. The van der Waals surface area contributed by atoms with Gasteiger partial charge in [0.05, 0.1) is 0 Å². The van der Waals surface area contributed by atoms with Crippen LogP contribution in [0.25, 0.3) is 0 Å². The molecule has 5 fully saturated rings. The van der Waals surface area contributed by atoms with Crippen LogP contribution in [0.3, 0.4) is 0 Å². The molecule has 1 heterocycles. The Kier molecular flexibility index (Phi) is 7.06. The van der Waals surface area contributed by atoms with E-state index in [1.54, 1.807) is 0 Å². The maximum Gasteiger partial charge on any atom is 0.139 e. The fraction of sp³-hybridized carbons (Fsp3) is 0.763. The van der Waals surface area contributed by atoms with Gasteiger partial charge < -0.3 is 0 Å². The topological polar surface area (TPSA) is 47.0 Å². The molecule has 0 aliphatic heterocycles. The summed E-state index contributed by atoms with van der Waals surface area (Å²) in [5.41, 5.74) is 2.76. The van der Waals surface area contributed by atoms with Crippen LogP contribution in [0.1, 0.15) is 124 Å². The van der Waals surface area contributed by atoms with E-state index in [0.29, 0.717) is 47.6 Å². The number of aromatic nitrogens is 1. The first-order chi connectivity index (χ1) is 19.3. The van der Waals surface area contributed by atoms with Gasteiger partial charge in [0, 0.05) is 35.6 Å². The highest BCUT2D eigenvalue weighted by atomic mass is 16.1. The van der Waals surface area contributed by atoms with Crippen molar-refractivity contribution < 1.29 is 9.59 Å². The monoisotopic (exact) mass is 557 g/mol. The van der Waals surface area contributed by atoms with Crippen LogP contribution < -0.4 is 0 Å². The third kappa shape index (κ3) is 4.06. The Morgan fingerprint density at radius 2 is 1.71 bits per heavy atom.